The fourth-order valence-electron chi connectivity index (χ4n) is 1.44. The van der Waals surface area contributed by atoms with Crippen LogP contribution in [0.4, 0.5) is 0 Å². The Morgan fingerprint density at radius 3 is 2.09 bits per heavy atom. The second kappa shape index (κ2) is 4.73. The van der Waals surface area contributed by atoms with Crippen molar-refractivity contribution in [3.63, 3.8) is 0 Å². The topological polar surface area (TPSA) is 20.3 Å². The van der Waals surface area contributed by atoms with Crippen LogP contribution in [-0.4, -0.2) is 30.8 Å². The number of carbonyl (C=O) groups excluding carboxylic acids is 1. The standard InChI is InChI=1S/C8H15NO.ClH/c1-9(2)7-3-5-8(10)6-4-7;/h7H,3-6H2,1-2H3;1H. The Morgan fingerprint density at radius 1 is 1.27 bits per heavy atom. The van der Waals surface area contributed by atoms with Crippen LogP contribution in [0, 0.1) is 0 Å². The first kappa shape index (κ1) is 10.9. The zero-order valence-corrected chi connectivity index (χ0v) is 7.99. The monoisotopic (exact) mass is 177 g/mol. The van der Waals surface area contributed by atoms with E-state index in [0.29, 0.717) is 11.8 Å². The van der Waals surface area contributed by atoms with E-state index in [4.69, 9.17) is 0 Å². The molecule has 0 heterocycles. The molecule has 0 atom stereocenters. The molecule has 0 unspecified atom stereocenters. The lowest BCUT2D eigenvalue weighted by molar-refractivity contribution is -0.121. The number of hydrogen-bond donors (Lipinski definition) is 0. The van der Waals surface area contributed by atoms with Gasteiger partial charge < -0.3 is 4.90 Å². The van der Waals surface area contributed by atoms with Gasteiger partial charge in [0.25, 0.3) is 0 Å². The minimum absolute atomic E-state index is 0. The SMILES string of the molecule is CN(C)C1CCC(=O)CC1.Cl. The van der Waals surface area contributed by atoms with Crippen molar-refractivity contribution in [2.45, 2.75) is 31.7 Å². The van der Waals surface area contributed by atoms with Crippen LogP contribution in [0.5, 0.6) is 0 Å². The maximum atomic E-state index is 10.8. The maximum Gasteiger partial charge on any atom is 0.133 e. The summed E-state index contributed by atoms with van der Waals surface area (Å²) in [6, 6.07) is 0.651. The molecule has 1 rings (SSSR count). The molecule has 0 radical (unpaired) electrons. The van der Waals surface area contributed by atoms with Crippen LogP contribution >= 0.6 is 12.4 Å². The number of rotatable bonds is 1. The second-order valence-electron chi connectivity index (χ2n) is 3.23. The van der Waals surface area contributed by atoms with Crippen molar-refractivity contribution in [2.75, 3.05) is 14.1 Å². The van der Waals surface area contributed by atoms with Crippen molar-refractivity contribution in [1.82, 2.24) is 4.90 Å². The molecule has 0 spiro atoms. The average molecular weight is 178 g/mol. The Kier molecular flexibility index (Phi) is 4.69. The average Bonchev–Trinajstić information content (AvgIpc) is 1.88. The number of ketones is 1. The molecule has 2 nitrogen and oxygen atoms in total. The van der Waals surface area contributed by atoms with Crippen molar-refractivity contribution in [3.8, 4) is 0 Å². The molecule has 0 amide bonds. The van der Waals surface area contributed by atoms with Gasteiger partial charge in [0, 0.05) is 18.9 Å². The molecule has 0 aromatic heterocycles. The number of halogens is 1. The number of hydrogen-bond acceptors (Lipinski definition) is 2. The highest BCUT2D eigenvalue weighted by Crippen LogP contribution is 2.17. The van der Waals surface area contributed by atoms with Gasteiger partial charge in [-0.25, -0.2) is 0 Å². The molecule has 0 aliphatic heterocycles. The summed E-state index contributed by atoms with van der Waals surface area (Å²) in [4.78, 5) is 13.0. The zero-order chi connectivity index (χ0) is 7.56. The van der Waals surface area contributed by atoms with Crippen molar-refractivity contribution >= 4 is 18.2 Å². The largest absolute Gasteiger partial charge is 0.306 e. The fraction of sp³-hybridized carbons (Fsp3) is 0.875. The van der Waals surface area contributed by atoms with Gasteiger partial charge in [0.05, 0.1) is 0 Å². The van der Waals surface area contributed by atoms with Crippen molar-refractivity contribution in [3.05, 3.63) is 0 Å². The fourth-order valence-corrected chi connectivity index (χ4v) is 1.44. The molecule has 1 saturated carbocycles. The van der Waals surface area contributed by atoms with Gasteiger partial charge in [0.15, 0.2) is 0 Å². The highest BCUT2D eigenvalue weighted by atomic mass is 35.5. The Morgan fingerprint density at radius 2 is 1.73 bits per heavy atom. The summed E-state index contributed by atoms with van der Waals surface area (Å²) in [5.74, 6) is 0.443. The number of nitrogens with zero attached hydrogens (tertiary/aromatic N) is 1. The van der Waals surface area contributed by atoms with E-state index in [-0.39, 0.29) is 12.4 Å². The van der Waals surface area contributed by atoms with E-state index >= 15 is 0 Å². The Bertz CT molecular complexity index is 126. The van der Waals surface area contributed by atoms with Crippen LogP contribution in [0.3, 0.4) is 0 Å². The molecule has 0 aromatic carbocycles. The van der Waals surface area contributed by atoms with E-state index in [1.54, 1.807) is 0 Å². The lowest BCUT2D eigenvalue weighted by Crippen LogP contribution is -2.32. The molecular weight excluding hydrogens is 162 g/mol. The quantitative estimate of drug-likeness (QED) is 0.605. The van der Waals surface area contributed by atoms with E-state index in [1.165, 1.54) is 0 Å². The minimum atomic E-state index is 0. The molecular formula is C8H16ClNO. The van der Waals surface area contributed by atoms with Gasteiger partial charge in [-0.15, -0.1) is 12.4 Å². The summed E-state index contributed by atoms with van der Waals surface area (Å²) < 4.78 is 0. The summed E-state index contributed by atoms with van der Waals surface area (Å²) in [5.41, 5.74) is 0. The van der Waals surface area contributed by atoms with Gasteiger partial charge in [-0.05, 0) is 26.9 Å². The summed E-state index contributed by atoms with van der Waals surface area (Å²) in [6.45, 7) is 0. The molecule has 1 aliphatic rings. The summed E-state index contributed by atoms with van der Waals surface area (Å²) >= 11 is 0. The van der Waals surface area contributed by atoms with E-state index < -0.39 is 0 Å². The third kappa shape index (κ3) is 3.21. The molecule has 11 heavy (non-hydrogen) atoms. The van der Waals surface area contributed by atoms with E-state index in [0.717, 1.165) is 25.7 Å². The first-order valence-corrected chi connectivity index (χ1v) is 3.88. The van der Waals surface area contributed by atoms with Crippen LogP contribution in [0.1, 0.15) is 25.7 Å². The Balaban J connectivity index is 0.000001000. The zero-order valence-electron chi connectivity index (χ0n) is 7.17. The van der Waals surface area contributed by atoms with Gasteiger partial charge in [-0.1, -0.05) is 0 Å². The van der Waals surface area contributed by atoms with Crippen molar-refractivity contribution in [1.29, 1.82) is 0 Å². The van der Waals surface area contributed by atoms with Crippen LogP contribution in [0.25, 0.3) is 0 Å². The minimum Gasteiger partial charge on any atom is -0.306 e. The van der Waals surface area contributed by atoms with E-state index in [9.17, 15) is 4.79 Å². The molecule has 0 bridgehead atoms. The number of carbonyl (C=O) groups is 1. The third-order valence-electron chi connectivity index (χ3n) is 2.24. The third-order valence-corrected chi connectivity index (χ3v) is 2.24. The van der Waals surface area contributed by atoms with Gasteiger partial charge in [0.2, 0.25) is 0 Å². The molecule has 1 fully saturated rings. The molecule has 0 aromatic rings. The predicted octanol–water partition coefficient (Wildman–Crippen LogP) is 1.48. The first-order chi connectivity index (χ1) is 4.70. The second-order valence-corrected chi connectivity index (χ2v) is 3.23. The van der Waals surface area contributed by atoms with Crippen LogP contribution < -0.4 is 0 Å². The molecule has 66 valence electrons. The maximum absolute atomic E-state index is 10.8. The summed E-state index contributed by atoms with van der Waals surface area (Å²) in [5, 5.41) is 0. The van der Waals surface area contributed by atoms with Crippen LogP contribution in [0.2, 0.25) is 0 Å². The van der Waals surface area contributed by atoms with Gasteiger partial charge >= 0.3 is 0 Å². The predicted molar refractivity (Wildman–Crippen MR) is 48.2 cm³/mol. The van der Waals surface area contributed by atoms with Crippen molar-refractivity contribution < 1.29 is 4.79 Å². The smallest absolute Gasteiger partial charge is 0.133 e. The number of Topliss-reactive ketones (excluding diaryl/α,β-unsaturated/α-hetero) is 1. The van der Waals surface area contributed by atoms with Gasteiger partial charge in [0.1, 0.15) is 5.78 Å². The van der Waals surface area contributed by atoms with E-state index in [2.05, 4.69) is 19.0 Å². The lowest BCUT2D eigenvalue weighted by atomic mass is 9.94. The normalized spacial score (nSPS) is 20.1. The Hall–Kier alpha value is -0.0800. The van der Waals surface area contributed by atoms with Gasteiger partial charge in [-0.3, -0.25) is 4.79 Å². The summed E-state index contributed by atoms with van der Waals surface area (Å²) in [6.07, 6.45) is 3.71. The van der Waals surface area contributed by atoms with E-state index in [1.807, 2.05) is 0 Å². The molecule has 3 heteroatoms. The molecule has 1 aliphatic carbocycles. The summed E-state index contributed by atoms with van der Waals surface area (Å²) in [7, 11) is 4.17. The van der Waals surface area contributed by atoms with Gasteiger partial charge in [-0.2, -0.15) is 0 Å². The highest BCUT2D eigenvalue weighted by Gasteiger charge is 2.19. The van der Waals surface area contributed by atoms with Crippen LogP contribution in [-0.2, 0) is 4.79 Å². The van der Waals surface area contributed by atoms with Crippen LogP contribution in [0.15, 0.2) is 0 Å². The molecule has 0 N–H and O–H groups in total. The molecule has 0 saturated heterocycles. The lowest BCUT2D eigenvalue weighted by Gasteiger charge is -2.26. The first-order valence-electron chi connectivity index (χ1n) is 3.88. The Labute approximate surface area is 74.4 Å². The highest BCUT2D eigenvalue weighted by molar-refractivity contribution is 5.85. The van der Waals surface area contributed by atoms with Crippen molar-refractivity contribution in [2.24, 2.45) is 0 Å².